The number of hydrogen-bond acceptors (Lipinski definition) is 4. The van der Waals surface area contributed by atoms with Gasteiger partial charge in [0, 0.05) is 27.0 Å². The number of rotatable bonds is 6. The molecule has 0 aliphatic carbocycles. The number of ether oxygens (including phenoxy) is 2. The second-order valence-corrected chi connectivity index (χ2v) is 7.26. The average molecular weight is 446 g/mol. The van der Waals surface area contributed by atoms with Gasteiger partial charge in [-0.05, 0) is 63.2 Å². The minimum absolute atomic E-state index is 0.176. The molecule has 3 rings (SSSR count). The lowest BCUT2D eigenvalue weighted by molar-refractivity contribution is -0.138. The predicted octanol–water partition coefficient (Wildman–Crippen LogP) is 5.66. The van der Waals surface area contributed by atoms with Crippen molar-refractivity contribution in [2.75, 3.05) is 18.1 Å². The summed E-state index contributed by atoms with van der Waals surface area (Å²) in [6, 6.07) is 12.1. The Labute approximate surface area is 185 Å². The fraction of sp³-hybridized carbons (Fsp3) is 0.217. The number of carbonyl (C=O) groups is 2. The Hall–Kier alpha value is -2.76. The smallest absolute Gasteiger partial charge is 0.340 e. The minimum atomic E-state index is -0.578. The van der Waals surface area contributed by atoms with E-state index in [4.69, 9.17) is 32.7 Å². The zero-order chi connectivity index (χ0) is 21.8. The van der Waals surface area contributed by atoms with E-state index in [1.807, 2.05) is 6.92 Å². The number of hydrogen-bond donors (Lipinski definition) is 0. The molecule has 0 fully saturated rings. The maximum absolute atomic E-state index is 13.4. The molecule has 0 unspecified atom stereocenters. The van der Waals surface area contributed by atoms with Crippen LogP contribution in [-0.4, -0.2) is 25.1 Å². The molecule has 1 amide bonds. The van der Waals surface area contributed by atoms with Crippen LogP contribution in [0.1, 0.15) is 26.3 Å². The number of amides is 1. The van der Waals surface area contributed by atoms with Gasteiger partial charge in [0.25, 0.3) is 5.91 Å². The molecule has 2 aromatic rings. The zero-order valence-electron chi connectivity index (χ0n) is 16.9. The van der Waals surface area contributed by atoms with E-state index in [2.05, 4.69) is 0 Å². The Bertz CT molecular complexity index is 1020. The second-order valence-electron chi connectivity index (χ2n) is 6.44. The minimum Gasteiger partial charge on any atom is -0.494 e. The third-order valence-electron chi connectivity index (χ3n) is 4.57. The highest BCUT2D eigenvalue weighted by Crippen LogP contribution is 2.37. The SMILES string of the molecule is CCOC(=O)C1=C(C)N(c2ccc(OCC)cc2)C(=O)/C1=C\c1c(Cl)cccc1Cl. The fourth-order valence-electron chi connectivity index (χ4n) is 3.24. The Morgan fingerprint density at radius 1 is 1.03 bits per heavy atom. The van der Waals surface area contributed by atoms with Crippen LogP contribution in [0.5, 0.6) is 5.75 Å². The molecule has 1 aliphatic heterocycles. The normalized spacial score (nSPS) is 15.2. The van der Waals surface area contributed by atoms with Crippen LogP contribution in [0.4, 0.5) is 5.69 Å². The highest BCUT2D eigenvalue weighted by atomic mass is 35.5. The molecule has 0 saturated carbocycles. The predicted molar refractivity (Wildman–Crippen MR) is 119 cm³/mol. The second kappa shape index (κ2) is 9.37. The summed E-state index contributed by atoms with van der Waals surface area (Å²) in [5.41, 5.74) is 1.90. The number of benzene rings is 2. The van der Waals surface area contributed by atoms with Crippen LogP contribution < -0.4 is 9.64 Å². The fourth-order valence-corrected chi connectivity index (χ4v) is 3.75. The topological polar surface area (TPSA) is 55.8 Å². The van der Waals surface area contributed by atoms with E-state index >= 15 is 0 Å². The molecular weight excluding hydrogens is 425 g/mol. The maximum atomic E-state index is 13.4. The highest BCUT2D eigenvalue weighted by Gasteiger charge is 2.38. The van der Waals surface area contributed by atoms with Crippen LogP contribution in [0.2, 0.25) is 10.0 Å². The Kier molecular flexibility index (Phi) is 6.85. The number of carbonyl (C=O) groups excluding carboxylic acids is 2. The van der Waals surface area contributed by atoms with Gasteiger partial charge in [0.05, 0.1) is 24.4 Å². The molecule has 0 spiro atoms. The van der Waals surface area contributed by atoms with Gasteiger partial charge in [-0.25, -0.2) is 4.79 Å². The summed E-state index contributed by atoms with van der Waals surface area (Å²) in [5.74, 6) is -0.249. The lowest BCUT2D eigenvalue weighted by Crippen LogP contribution is -2.24. The highest BCUT2D eigenvalue weighted by molar-refractivity contribution is 6.37. The van der Waals surface area contributed by atoms with Crippen LogP contribution in [0.15, 0.2) is 59.3 Å². The Morgan fingerprint density at radius 3 is 2.23 bits per heavy atom. The summed E-state index contributed by atoms with van der Waals surface area (Å²) in [7, 11) is 0. The molecule has 5 nitrogen and oxygen atoms in total. The molecule has 156 valence electrons. The van der Waals surface area contributed by atoms with Gasteiger partial charge in [-0.3, -0.25) is 9.69 Å². The molecule has 1 aliphatic rings. The van der Waals surface area contributed by atoms with Gasteiger partial charge in [-0.15, -0.1) is 0 Å². The largest absolute Gasteiger partial charge is 0.494 e. The van der Waals surface area contributed by atoms with Crippen molar-refractivity contribution in [3.8, 4) is 5.75 Å². The van der Waals surface area contributed by atoms with Gasteiger partial charge in [0.15, 0.2) is 0 Å². The Morgan fingerprint density at radius 2 is 1.67 bits per heavy atom. The van der Waals surface area contributed by atoms with Crippen LogP contribution >= 0.6 is 23.2 Å². The quantitative estimate of drug-likeness (QED) is 0.425. The lowest BCUT2D eigenvalue weighted by atomic mass is 10.0. The van der Waals surface area contributed by atoms with E-state index in [-0.39, 0.29) is 23.7 Å². The van der Waals surface area contributed by atoms with Crippen molar-refractivity contribution in [2.24, 2.45) is 0 Å². The first-order valence-corrected chi connectivity index (χ1v) is 10.3. The van der Waals surface area contributed by atoms with Crippen molar-refractivity contribution in [3.05, 3.63) is 74.9 Å². The van der Waals surface area contributed by atoms with E-state index in [1.165, 1.54) is 11.0 Å². The third kappa shape index (κ3) is 4.23. The van der Waals surface area contributed by atoms with Crippen molar-refractivity contribution >= 4 is 46.8 Å². The van der Waals surface area contributed by atoms with Gasteiger partial charge >= 0.3 is 5.97 Å². The van der Waals surface area contributed by atoms with Crippen molar-refractivity contribution < 1.29 is 19.1 Å². The van der Waals surface area contributed by atoms with Crippen molar-refractivity contribution in [3.63, 3.8) is 0 Å². The van der Waals surface area contributed by atoms with E-state index in [0.29, 0.717) is 39.3 Å². The molecule has 0 saturated heterocycles. The first-order valence-electron chi connectivity index (χ1n) is 9.50. The molecule has 1 heterocycles. The number of halogens is 2. The molecule has 0 radical (unpaired) electrons. The van der Waals surface area contributed by atoms with Crippen molar-refractivity contribution in [2.45, 2.75) is 20.8 Å². The van der Waals surface area contributed by atoms with Crippen LogP contribution in [0.25, 0.3) is 6.08 Å². The van der Waals surface area contributed by atoms with Gasteiger partial charge < -0.3 is 9.47 Å². The van der Waals surface area contributed by atoms with E-state index < -0.39 is 5.97 Å². The molecule has 2 aromatic carbocycles. The first kappa shape index (κ1) is 21.9. The van der Waals surface area contributed by atoms with Gasteiger partial charge in [-0.2, -0.15) is 0 Å². The third-order valence-corrected chi connectivity index (χ3v) is 5.23. The summed E-state index contributed by atoms with van der Waals surface area (Å²) in [6.45, 7) is 6.04. The number of esters is 1. The van der Waals surface area contributed by atoms with Crippen LogP contribution in [0.3, 0.4) is 0 Å². The van der Waals surface area contributed by atoms with Crippen LogP contribution in [-0.2, 0) is 14.3 Å². The van der Waals surface area contributed by atoms with Gasteiger partial charge in [-0.1, -0.05) is 29.3 Å². The summed E-state index contributed by atoms with van der Waals surface area (Å²) >= 11 is 12.6. The molecule has 0 bridgehead atoms. The monoisotopic (exact) mass is 445 g/mol. The number of nitrogens with zero attached hydrogens (tertiary/aromatic N) is 1. The maximum Gasteiger partial charge on any atom is 0.340 e. The average Bonchev–Trinajstić information content (AvgIpc) is 2.96. The van der Waals surface area contributed by atoms with Crippen molar-refractivity contribution in [1.82, 2.24) is 0 Å². The zero-order valence-corrected chi connectivity index (χ0v) is 18.4. The summed E-state index contributed by atoms with van der Waals surface area (Å²) < 4.78 is 10.7. The van der Waals surface area contributed by atoms with Crippen molar-refractivity contribution in [1.29, 1.82) is 0 Å². The lowest BCUT2D eigenvalue weighted by Gasteiger charge is -2.18. The number of anilines is 1. The van der Waals surface area contributed by atoms with E-state index in [9.17, 15) is 9.59 Å². The molecule has 0 aromatic heterocycles. The summed E-state index contributed by atoms with van der Waals surface area (Å²) in [5, 5.41) is 0.756. The molecule has 7 heteroatoms. The summed E-state index contributed by atoms with van der Waals surface area (Å²) in [6.07, 6.45) is 1.54. The Balaban J connectivity index is 2.12. The van der Waals surface area contributed by atoms with E-state index in [1.54, 1.807) is 56.3 Å². The first-order chi connectivity index (χ1) is 14.4. The standard InChI is InChI=1S/C23H21Cl2NO4/c1-4-29-16-11-9-15(10-12-16)26-14(3)21(23(28)30-5-2)18(22(26)27)13-17-19(24)7-6-8-20(17)25/h6-13H,4-5H2,1-3H3/b18-13-. The van der Waals surface area contributed by atoms with Gasteiger partial charge in [0.1, 0.15) is 5.75 Å². The molecule has 0 atom stereocenters. The molecule has 30 heavy (non-hydrogen) atoms. The molecule has 0 N–H and O–H groups in total. The summed E-state index contributed by atoms with van der Waals surface area (Å²) in [4.78, 5) is 27.5. The molecular formula is C23H21Cl2NO4. The van der Waals surface area contributed by atoms with Gasteiger partial charge in [0.2, 0.25) is 0 Å². The number of allylic oxidation sites excluding steroid dienone is 1. The van der Waals surface area contributed by atoms with Crippen LogP contribution in [0, 0.1) is 0 Å². The van der Waals surface area contributed by atoms with E-state index in [0.717, 1.165) is 0 Å².